The zero-order chi connectivity index (χ0) is 22.0. The number of alkyl halides is 3. The maximum Gasteiger partial charge on any atom is 0.437 e. The topological polar surface area (TPSA) is 89.6 Å². The maximum atomic E-state index is 13.2. The number of hydrogen-bond acceptors (Lipinski definition) is 7. The second-order valence-corrected chi connectivity index (χ2v) is 7.63. The largest absolute Gasteiger partial charge is 0.437 e. The van der Waals surface area contributed by atoms with Gasteiger partial charge in [0.1, 0.15) is 6.54 Å². The molecule has 3 heterocycles. The summed E-state index contributed by atoms with van der Waals surface area (Å²) in [5.74, 6) is -1.47. The number of nitrogens with one attached hydrogen (secondary N) is 1. The molecule has 3 aromatic rings. The Hall–Kier alpha value is -3.12. The summed E-state index contributed by atoms with van der Waals surface area (Å²) in [5, 5.41) is 8.24. The molecule has 1 saturated heterocycles. The number of benzene rings is 1. The number of carbonyl (C=O) groups excluding carboxylic acids is 1. The molecule has 1 aliphatic rings. The molecule has 1 aliphatic heterocycles. The molecule has 0 spiro atoms. The lowest BCUT2D eigenvalue weighted by molar-refractivity contribution is -0.137. The Balaban J connectivity index is 1.57. The van der Waals surface area contributed by atoms with Crippen LogP contribution in [0.2, 0.25) is 0 Å². The summed E-state index contributed by atoms with van der Waals surface area (Å²) in [4.78, 5) is 27.0. The van der Waals surface area contributed by atoms with Gasteiger partial charge in [-0.05, 0) is 29.6 Å². The van der Waals surface area contributed by atoms with Gasteiger partial charge >= 0.3 is 11.9 Å². The zero-order valence-corrected chi connectivity index (χ0v) is 16.8. The molecule has 1 fully saturated rings. The minimum Gasteiger partial charge on any atom is -0.387 e. The summed E-state index contributed by atoms with van der Waals surface area (Å²) in [6.07, 6.45) is -4.57. The molecule has 8 nitrogen and oxygen atoms in total. The van der Waals surface area contributed by atoms with Crippen molar-refractivity contribution in [3.8, 4) is 10.8 Å². The van der Waals surface area contributed by atoms with Crippen molar-refractivity contribution in [1.82, 2.24) is 9.78 Å². The number of nitrogens with zero attached hydrogens (tertiary/aromatic N) is 3. The first-order valence-electron chi connectivity index (χ1n) is 9.27. The molecular weight excluding hydrogens is 437 g/mol. The quantitative estimate of drug-likeness (QED) is 0.638. The van der Waals surface area contributed by atoms with E-state index in [2.05, 4.69) is 10.4 Å². The van der Waals surface area contributed by atoms with Crippen molar-refractivity contribution >= 4 is 28.6 Å². The number of rotatable bonds is 5. The SMILES string of the molecule is O=C(Cn1nc(-c2cccs2)oc1=O)Nc1cc(C(F)(F)F)ccc1N1CCOCC1. The Labute approximate surface area is 177 Å². The molecule has 0 bridgehead atoms. The van der Waals surface area contributed by atoms with Crippen LogP contribution in [0, 0.1) is 0 Å². The molecule has 1 aromatic carbocycles. The van der Waals surface area contributed by atoms with E-state index in [1.165, 1.54) is 17.4 Å². The summed E-state index contributed by atoms with van der Waals surface area (Å²) in [6.45, 7) is 1.29. The monoisotopic (exact) mass is 454 g/mol. The van der Waals surface area contributed by atoms with Crippen LogP contribution in [0.15, 0.2) is 44.9 Å². The summed E-state index contributed by atoms with van der Waals surface area (Å²) in [7, 11) is 0. The third-order valence-electron chi connectivity index (χ3n) is 4.58. The highest BCUT2D eigenvalue weighted by atomic mass is 32.1. The predicted octanol–water partition coefficient (Wildman–Crippen LogP) is 3.06. The van der Waals surface area contributed by atoms with Gasteiger partial charge in [0.25, 0.3) is 5.89 Å². The minimum absolute atomic E-state index is 0.00301. The van der Waals surface area contributed by atoms with E-state index in [0.717, 1.165) is 16.8 Å². The highest BCUT2D eigenvalue weighted by molar-refractivity contribution is 7.13. The van der Waals surface area contributed by atoms with Gasteiger partial charge in [0.05, 0.1) is 35.0 Å². The number of amides is 1. The summed E-state index contributed by atoms with van der Waals surface area (Å²) in [5.41, 5.74) is -0.452. The van der Waals surface area contributed by atoms with E-state index in [-0.39, 0.29) is 11.6 Å². The number of aromatic nitrogens is 2. The average molecular weight is 454 g/mol. The molecule has 4 rings (SSSR count). The number of anilines is 2. The van der Waals surface area contributed by atoms with Crippen molar-refractivity contribution in [3.63, 3.8) is 0 Å². The Morgan fingerprint density at radius 1 is 1.23 bits per heavy atom. The van der Waals surface area contributed by atoms with Crippen LogP contribution in [-0.2, 0) is 22.3 Å². The van der Waals surface area contributed by atoms with Crippen LogP contribution in [-0.4, -0.2) is 42.0 Å². The fourth-order valence-electron chi connectivity index (χ4n) is 3.12. The standard InChI is InChI=1S/C19H17F3N4O4S/c20-19(21,22)12-3-4-14(25-5-7-29-8-6-25)13(10-12)23-16(27)11-26-18(28)30-17(24-26)15-2-1-9-31-15/h1-4,9-10H,5-8,11H2,(H,23,27). The van der Waals surface area contributed by atoms with Gasteiger partial charge in [-0.25, -0.2) is 4.79 Å². The van der Waals surface area contributed by atoms with E-state index < -0.39 is 29.9 Å². The molecule has 1 N–H and O–H groups in total. The van der Waals surface area contributed by atoms with Gasteiger partial charge in [-0.15, -0.1) is 16.4 Å². The van der Waals surface area contributed by atoms with Gasteiger partial charge in [-0.1, -0.05) is 6.07 Å². The molecule has 31 heavy (non-hydrogen) atoms. The first-order valence-corrected chi connectivity index (χ1v) is 10.1. The van der Waals surface area contributed by atoms with Crippen molar-refractivity contribution < 1.29 is 27.1 Å². The van der Waals surface area contributed by atoms with Crippen LogP contribution in [0.3, 0.4) is 0 Å². The van der Waals surface area contributed by atoms with E-state index in [0.29, 0.717) is 36.9 Å². The molecule has 0 atom stereocenters. The van der Waals surface area contributed by atoms with Crippen LogP contribution < -0.4 is 16.0 Å². The van der Waals surface area contributed by atoms with Crippen LogP contribution in [0.25, 0.3) is 10.8 Å². The number of thiophene rings is 1. The number of hydrogen-bond donors (Lipinski definition) is 1. The van der Waals surface area contributed by atoms with Crippen molar-refractivity contribution in [2.45, 2.75) is 12.7 Å². The Morgan fingerprint density at radius 3 is 2.68 bits per heavy atom. The Morgan fingerprint density at radius 2 is 2.00 bits per heavy atom. The van der Waals surface area contributed by atoms with E-state index in [4.69, 9.17) is 9.15 Å². The first-order chi connectivity index (χ1) is 14.8. The lowest BCUT2D eigenvalue weighted by Gasteiger charge is -2.31. The minimum atomic E-state index is -4.57. The van der Waals surface area contributed by atoms with Crippen LogP contribution in [0.5, 0.6) is 0 Å². The van der Waals surface area contributed by atoms with E-state index in [9.17, 15) is 22.8 Å². The van der Waals surface area contributed by atoms with Crippen molar-refractivity contribution in [3.05, 3.63) is 51.8 Å². The van der Waals surface area contributed by atoms with E-state index >= 15 is 0 Å². The number of ether oxygens (including phenoxy) is 1. The van der Waals surface area contributed by atoms with Gasteiger partial charge in [-0.3, -0.25) is 4.79 Å². The number of carbonyl (C=O) groups is 1. The summed E-state index contributed by atoms with van der Waals surface area (Å²) < 4.78 is 50.8. The fourth-order valence-corrected chi connectivity index (χ4v) is 3.77. The lowest BCUT2D eigenvalue weighted by Crippen LogP contribution is -2.37. The van der Waals surface area contributed by atoms with Crippen molar-refractivity contribution in [1.29, 1.82) is 0 Å². The third-order valence-corrected chi connectivity index (χ3v) is 5.44. The molecule has 0 saturated carbocycles. The number of halogens is 3. The molecule has 2 aromatic heterocycles. The zero-order valence-electron chi connectivity index (χ0n) is 16.0. The molecule has 1 amide bonds. The maximum absolute atomic E-state index is 13.2. The van der Waals surface area contributed by atoms with E-state index in [1.807, 2.05) is 4.90 Å². The van der Waals surface area contributed by atoms with Crippen molar-refractivity contribution in [2.24, 2.45) is 0 Å². The second-order valence-electron chi connectivity index (χ2n) is 6.69. The second kappa shape index (κ2) is 8.55. The van der Waals surface area contributed by atoms with Crippen LogP contribution in [0.4, 0.5) is 24.5 Å². The average Bonchev–Trinajstić information content (AvgIpc) is 3.38. The summed E-state index contributed by atoms with van der Waals surface area (Å²) >= 11 is 1.31. The van der Waals surface area contributed by atoms with Crippen LogP contribution in [0.1, 0.15) is 5.56 Å². The van der Waals surface area contributed by atoms with Gasteiger partial charge in [0, 0.05) is 13.1 Å². The van der Waals surface area contributed by atoms with Gasteiger partial charge in [0.2, 0.25) is 5.91 Å². The highest BCUT2D eigenvalue weighted by Gasteiger charge is 2.32. The fraction of sp³-hybridized carbons (Fsp3) is 0.316. The molecule has 164 valence electrons. The lowest BCUT2D eigenvalue weighted by atomic mass is 10.1. The molecule has 0 aliphatic carbocycles. The molecule has 12 heteroatoms. The van der Waals surface area contributed by atoms with Gasteiger partial charge < -0.3 is 19.4 Å². The van der Waals surface area contributed by atoms with E-state index in [1.54, 1.807) is 17.5 Å². The van der Waals surface area contributed by atoms with Gasteiger partial charge in [0.15, 0.2) is 0 Å². The smallest absolute Gasteiger partial charge is 0.387 e. The van der Waals surface area contributed by atoms with Crippen molar-refractivity contribution in [2.75, 3.05) is 36.5 Å². The molecular formula is C19H17F3N4O4S. The predicted molar refractivity (Wildman–Crippen MR) is 107 cm³/mol. The van der Waals surface area contributed by atoms with Crippen LogP contribution >= 0.6 is 11.3 Å². The number of morpholine rings is 1. The summed E-state index contributed by atoms with van der Waals surface area (Å²) in [6, 6.07) is 6.63. The van der Waals surface area contributed by atoms with Gasteiger partial charge in [-0.2, -0.15) is 17.9 Å². The Bertz CT molecular complexity index is 1120. The first kappa shape index (κ1) is 21.1. The highest BCUT2D eigenvalue weighted by Crippen LogP contribution is 2.35. The third kappa shape index (κ3) is 4.80. The molecule has 0 radical (unpaired) electrons. The normalized spacial score (nSPS) is 14.6. The molecule has 0 unspecified atom stereocenters. The Kier molecular flexibility index (Phi) is 5.83.